The van der Waals surface area contributed by atoms with Gasteiger partial charge in [-0.15, -0.1) is 0 Å². The van der Waals surface area contributed by atoms with E-state index in [9.17, 15) is 4.79 Å². The lowest BCUT2D eigenvalue weighted by Gasteiger charge is -2.05. The lowest BCUT2D eigenvalue weighted by Crippen LogP contribution is -2.15. The lowest BCUT2D eigenvalue weighted by atomic mass is 10.2. The van der Waals surface area contributed by atoms with Gasteiger partial charge in [0.25, 0.3) is 0 Å². The highest BCUT2D eigenvalue weighted by atomic mass is 16.5. The summed E-state index contributed by atoms with van der Waals surface area (Å²) < 4.78 is 5.14. The van der Waals surface area contributed by atoms with Gasteiger partial charge in [-0.3, -0.25) is 4.79 Å². The zero-order valence-electron chi connectivity index (χ0n) is 9.74. The third-order valence-electron chi connectivity index (χ3n) is 2.23. The highest BCUT2D eigenvalue weighted by Crippen LogP contribution is 2.02. The van der Waals surface area contributed by atoms with Crippen molar-refractivity contribution in [3.05, 3.63) is 35.9 Å². The molecule has 3 nitrogen and oxygen atoms in total. The van der Waals surface area contributed by atoms with E-state index in [1.807, 2.05) is 37.3 Å². The van der Waals surface area contributed by atoms with Crippen LogP contribution >= 0.6 is 0 Å². The van der Waals surface area contributed by atoms with Gasteiger partial charge < -0.3 is 10.1 Å². The van der Waals surface area contributed by atoms with Crippen molar-refractivity contribution in [2.45, 2.75) is 26.4 Å². The molecule has 1 N–H and O–H groups in total. The molecule has 0 aliphatic carbocycles. The maximum absolute atomic E-state index is 11.3. The molecule has 1 aromatic rings. The number of carbonyl (C=O) groups excluding carboxylic acids is 1. The highest BCUT2D eigenvalue weighted by molar-refractivity contribution is 5.69. The molecule has 0 saturated heterocycles. The van der Waals surface area contributed by atoms with Gasteiger partial charge in [0.05, 0.1) is 0 Å². The van der Waals surface area contributed by atoms with Crippen molar-refractivity contribution in [1.82, 2.24) is 5.32 Å². The van der Waals surface area contributed by atoms with E-state index in [1.165, 1.54) is 0 Å². The summed E-state index contributed by atoms with van der Waals surface area (Å²) in [6.07, 6.45) is 1.32. The number of hydrogen-bond donors (Lipinski definition) is 1. The van der Waals surface area contributed by atoms with Crippen LogP contribution in [0.15, 0.2) is 30.3 Å². The summed E-state index contributed by atoms with van der Waals surface area (Å²) in [7, 11) is 0. The van der Waals surface area contributed by atoms with Crippen LogP contribution in [0, 0.1) is 0 Å². The summed E-state index contributed by atoms with van der Waals surface area (Å²) in [6.45, 7) is 4.24. The van der Waals surface area contributed by atoms with Crippen LogP contribution in [0.2, 0.25) is 0 Å². The number of hydrogen-bond acceptors (Lipinski definition) is 3. The molecule has 0 spiro atoms. The van der Waals surface area contributed by atoms with Crippen LogP contribution in [0.1, 0.15) is 25.3 Å². The first-order valence-corrected chi connectivity index (χ1v) is 5.73. The van der Waals surface area contributed by atoms with E-state index in [1.54, 1.807) is 0 Å². The molecule has 3 heteroatoms. The maximum Gasteiger partial charge on any atom is 0.306 e. The topological polar surface area (TPSA) is 38.3 Å². The zero-order valence-corrected chi connectivity index (χ0v) is 9.74. The first-order valence-electron chi connectivity index (χ1n) is 5.73. The Morgan fingerprint density at radius 3 is 2.75 bits per heavy atom. The fraction of sp³-hybridized carbons (Fsp3) is 0.462. The van der Waals surface area contributed by atoms with E-state index in [0.29, 0.717) is 13.0 Å². The second-order valence-corrected chi connectivity index (χ2v) is 3.60. The first kappa shape index (κ1) is 12.7. The Balaban J connectivity index is 2.11. The van der Waals surface area contributed by atoms with Crippen LogP contribution < -0.4 is 5.32 Å². The minimum Gasteiger partial charge on any atom is -0.461 e. The van der Waals surface area contributed by atoms with Crippen molar-refractivity contribution in [2.75, 3.05) is 13.1 Å². The first-order chi connectivity index (χ1) is 7.83. The van der Waals surface area contributed by atoms with E-state index in [0.717, 1.165) is 25.1 Å². The second kappa shape index (κ2) is 7.88. The monoisotopic (exact) mass is 221 g/mol. The van der Waals surface area contributed by atoms with Crippen molar-refractivity contribution in [3.8, 4) is 0 Å². The van der Waals surface area contributed by atoms with Crippen LogP contribution in [0.3, 0.4) is 0 Å². The number of benzene rings is 1. The Morgan fingerprint density at radius 1 is 1.31 bits per heavy atom. The molecule has 0 radical (unpaired) electrons. The van der Waals surface area contributed by atoms with E-state index in [2.05, 4.69) is 5.32 Å². The van der Waals surface area contributed by atoms with Crippen molar-refractivity contribution >= 4 is 5.97 Å². The van der Waals surface area contributed by atoms with Gasteiger partial charge in [0.15, 0.2) is 0 Å². The Bertz CT molecular complexity index is 298. The Morgan fingerprint density at radius 2 is 2.06 bits per heavy atom. The standard InChI is InChI=1S/C13H19NO2/c1-2-14-10-6-9-13(15)16-11-12-7-4-3-5-8-12/h3-5,7-8,14H,2,6,9-11H2,1H3. The highest BCUT2D eigenvalue weighted by Gasteiger charge is 2.02. The molecular formula is C13H19NO2. The van der Waals surface area contributed by atoms with Crippen molar-refractivity contribution in [1.29, 1.82) is 0 Å². The van der Waals surface area contributed by atoms with Gasteiger partial charge in [-0.05, 0) is 25.1 Å². The van der Waals surface area contributed by atoms with E-state index in [-0.39, 0.29) is 5.97 Å². The molecule has 0 aromatic heterocycles. The summed E-state index contributed by atoms with van der Waals surface area (Å²) >= 11 is 0. The SMILES string of the molecule is CCNCCCC(=O)OCc1ccccc1. The van der Waals surface area contributed by atoms with Crippen LogP contribution in [0.4, 0.5) is 0 Å². The van der Waals surface area contributed by atoms with Gasteiger partial charge in [0.2, 0.25) is 0 Å². The van der Waals surface area contributed by atoms with E-state index < -0.39 is 0 Å². The van der Waals surface area contributed by atoms with Gasteiger partial charge in [-0.1, -0.05) is 37.3 Å². The molecule has 88 valence electrons. The van der Waals surface area contributed by atoms with Gasteiger partial charge >= 0.3 is 5.97 Å². The summed E-state index contributed by atoms with van der Waals surface area (Å²) in [5.41, 5.74) is 1.03. The fourth-order valence-corrected chi connectivity index (χ4v) is 1.34. The van der Waals surface area contributed by atoms with Gasteiger partial charge in [0, 0.05) is 6.42 Å². The number of nitrogens with one attached hydrogen (secondary N) is 1. The smallest absolute Gasteiger partial charge is 0.306 e. The average Bonchev–Trinajstić information content (AvgIpc) is 2.33. The molecule has 0 atom stereocenters. The molecule has 16 heavy (non-hydrogen) atoms. The van der Waals surface area contributed by atoms with Crippen LogP contribution in [-0.2, 0) is 16.1 Å². The van der Waals surface area contributed by atoms with E-state index in [4.69, 9.17) is 4.74 Å². The molecule has 0 fully saturated rings. The van der Waals surface area contributed by atoms with Crippen LogP contribution in [0.5, 0.6) is 0 Å². The predicted molar refractivity (Wildman–Crippen MR) is 64.0 cm³/mol. The van der Waals surface area contributed by atoms with Gasteiger partial charge in [-0.25, -0.2) is 0 Å². The van der Waals surface area contributed by atoms with Crippen molar-refractivity contribution < 1.29 is 9.53 Å². The molecule has 1 aromatic carbocycles. The number of ether oxygens (including phenoxy) is 1. The quantitative estimate of drug-likeness (QED) is 0.566. The third kappa shape index (κ3) is 5.51. The molecule has 0 heterocycles. The average molecular weight is 221 g/mol. The van der Waals surface area contributed by atoms with Crippen LogP contribution in [0.25, 0.3) is 0 Å². The van der Waals surface area contributed by atoms with Gasteiger partial charge in [-0.2, -0.15) is 0 Å². The Labute approximate surface area is 96.8 Å². The summed E-state index contributed by atoms with van der Waals surface area (Å²) in [6, 6.07) is 9.72. The molecule has 0 aliphatic heterocycles. The fourth-order valence-electron chi connectivity index (χ4n) is 1.34. The molecule has 0 aliphatic rings. The molecule has 0 saturated carbocycles. The number of rotatable bonds is 7. The molecule has 1 rings (SSSR count). The van der Waals surface area contributed by atoms with Crippen LogP contribution in [-0.4, -0.2) is 19.1 Å². The zero-order chi connectivity index (χ0) is 11.6. The summed E-state index contributed by atoms with van der Waals surface area (Å²) in [4.78, 5) is 11.3. The molecule has 0 unspecified atom stereocenters. The normalized spacial score (nSPS) is 10.1. The minimum atomic E-state index is -0.123. The number of esters is 1. The minimum absolute atomic E-state index is 0.123. The van der Waals surface area contributed by atoms with Crippen molar-refractivity contribution in [2.24, 2.45) is 0 Å². The summed E-state index contributed by atoms with van der Waals surface area (Å²) in [5.74, 6) is -0.123. The third-order valence-corrected chi connectivity index (χ3v) is 2.23. The Hall–Kier alpha value is -1.35. The molecule has 0 bridgehead atoms. The van der Waals surface area contributed by atoms with Gasteiger partial charge in [0.1, 0.15) is 6.61 Å². The lowest BCUT2D eigenvalue weighted by molar-refractivity contribution is -0.145. The predicted octanol–water partition coefficient (Wildman–Crippen LogP) is 2.12. The largest absolute Gasteiger partial charge is 0.461 e. The molecular weight excluding hydrogens is 202 g/mol. The summed E-state index contributed by atoms with van der Waals surface area (Å²) in [5, 5.41) is 3.17. The Kier molecular flexibility index (Phi) is 6.26. The van der Waals surface area contributed by atoms with E-state index >= 15 is 0 Å². The van der Waals surface area contributed by atoms with Crippen molar-refractivity contribution in [3.63, 3.8) is 0 Å². The molecule has 0 amide bonds. The second-order valence-electron chi connectivity index (χ2n) is 3.60. The number of carbonyl (C=O) groups is 1. The maximum atomic E-state index is 11.3.